The molecule has 1 aliphatic carbocycles. The average Bonchev–Trinajstić information content (AvgIpc) is 3.45. The second-order valence-corrected chi connectivity index (χ2v) is 12.7. The van der Waals surface area contributed by atoms with Crippen LogP contribution in [0.2, 0.25) is 5.02 Å². The SMILES string of the molecule is CC[C@H](C[C@H](O)[C@@H](N)CN1CC(=O)N(c2ccccc2Cl)CC1(C)C)C(=O)NCC1(CO)CCCC1.O=C(O)/C=C/C(=O)O. The largest absolute Gasteiger partial charge is 0.478 e. The van der Waals surface area contributed by atoms with Crippen LogP contribution >= 0.6 is 11.6 Å². The van der Waals surface area contributed by atoms with E-state index in [1.165, 1.54) is 0 Å². The topological polar surface area (TPSA) is 194 Å². The molecule has 0 bridgehead atoms. The van der Waals surface area contributed by atoms with Gasteiger partial charge in [-0.15, -0.1) is 0 Å². The molecule has 1 saturated heterocycles. The van der Waals surface area contributed by atoms with Gasteiger partial charge in [0.15, 0.2) is 0 Å². The van der Waals surface area contributed by atoms with E-state index in [1.807, 2.05) is 43.9 Å². The van der Waals surface area contributed by atoms with Gasteiger partial charge >= 0.3 is 11.9 Å². The van der Waals surface area contributed by atoms with Crippen molar-refractivity contribution in [1.82, 2.24) is 10.2 Å². The maximum atomic E-state index is 13.0. The molecule has 3 rings (SSSR count). The molecule has 246 valence electrons. The molecule has 0 radical (unpaired) electrons. The molecule has 1 saturated carbocycles. The van der Waals surface area contributed by atoms with E-state index in [1.54, 1.807) is 11.0 Å². The highest BCUT2D eigenvalue weighted by atomic mass is 35.5. The van der Waals surface area contributed by atoms with Crippen molar-refractivity contribution in [3.63, 3.8) is 0 Å². The highest BCUT2D eigenvalue weighted by Gasteiger charge is 2.40. The number of anilines is 1. The van der Waals surface area contributed by atoms with Gasteiger partial charge in [-0.25, -0.2) is 9.59 Å². The van der Waals surface area contributed by atoms with Crippen molar-refractivity contribution in [3.05, 3.63) is 41.4 Å². The van der Waals surface area contributed by atoms with Crippen molar-refractivity contribution in [2.75, 3.05) is 37.7 Å². The van der Waals surface area contributed by atoms with Crippen LogP contribution in [0.15, 0.2) is 36.4 Å². The third kappa shape index (κ3) is 10.8. The number of nitrogens with zero attached hydrogens (tertiary/aromatic N) is 2. The summed E-state index contributed by atoms with van der Waals surface area (Å²) in [5.74, 6) is -3.05. The molecule has 2 fully saturated rings. The van der Waals surface area contributed by atoms with E-state index in [9.17, 15) is 29.4 Å². The summed E-state index contributed by atoms with van der Waals surface area (Å²) < 4.78 is 0. The number of carbonyl (C=O) groups excluding carboxylic acids is 2. The molecule has 1 aromatic carbocycles. The van der Waals surface area contributed by atoms with E-state index in [-0.39, 0.29) is 48.3 Å². The molecule has 0 spiro atoms. The number of piperazine rings is 1. The van der Waals surface area contributed by atoms with Gasteiger partial charge in [-0.1, -0.05) is 43.5 Å². The molecule has 1 aliphatic heterocycles. The van der Waals surface area contributed by atoms with Crippen molar-refractivity contribution in [2.24, 2.45) is 17.1 Å². The van der Waals surface area contributed by atoms with Crippen LogP contribution in [-0.2, 0) is 19.2 Å². The molecule has 1 heterocycles. The first kappa shape index (κ1) is 37.2. The van der Waals surface area contributed by atoms with Crippen LogP contribution in [0.3, 0.4) is 0 Å². The standard InChI is InChI=1S/C27H43ClN4O4.C4H4O4/c1-4-19(25(36)30-16-27(18-33)11-7-8-12-27)13-23(34)21(29)14-31-15-24(35)32(17-26(31,2)3)22-10-6-5-9-20(22)28;5-3(6)1-2-4(7)8/h5-6,9-10,19,21,23,33-34H,4,7-8,11-18,29H2,1-3H3,(H,30,36);1-2H,(H,5,6)(H,7,8)/b;2-1+/t19-,21+,23+;/m1./s1. The number of amides is 2. The van der Waals surface area contributed by atoms with Crippen LogP contribution in [0.25, 0.3) is 0 Å². The van der Waals surface area contributed by atoms with Crippen LogP contribution < -0.4 is 16.0 Å². The van der Waals surface area contributed by atoms with Crippen molar-refractivity contribution >= 4 is 41.0 Å². The Morgan fingerprint density at radius 3 is 2.23 bits per heavy atom. The van der Waals surface area contributed by atoms with Crippen LogP contribution in [-0.4, -0.2) is 99.5 Å². The number of benzene rings is 1. The number of aliphatic hydroxyl groups excluding tert-OH is 2. The van der Waals surface area contributed by atoms with E-state index >= 15 is 0 Å². The van der Waals surface area contributed by atoms with Crippen molar-refractivity contribution in [2.45, 2.75) is 77.0 Å². The summed E-state index contributed by atoms with van der Waals surface area (Å²) >= 11 is 6.34. The lowest BCUT2D eigenvalue weighted by Crippen LogP contribution is -2.64. The lowest BCUT2D eigenvalue weighted by atomic mass is 9.86. The average molecular weight is 639 g/mol. The molecular formula is C31H47ClN4O8. The van der Waals surface area contributed by atoms with E-state index in [4.69, 9.17) is 27.5 Å². The predicted octanol–water partition coefficient (Wildman–Crippen LogP) is 2.25. The second-order valence-electron chi connectivity index (χ2n) is 12.3. The molecule has 0 aromatic heterocycles. The molecule has 0 unspecified atom stereocenters. The minimum absolute atomic E-state index is 0.0698. The Labute approximate surface area is 263 Å². The fourth-order valence-corrected chi connectivity index (χ4v) is 5.86. The highest BCUT2D eigenvalue weighted by Crippen LogP contribution is 2.37. The van der Waals surface area contributed by atoms with Gasteiger partial charge in [-0.2, -0.15) is 0 Å². The van der Waals surface area contributed by atoms with Gasteiger partial charge in [0, 0.05) is 54.7 Å². The quantitative estimate of drug-likeness (QED) is 0.175. The van der Waals surface area contributed by atoms with Gasteiger partial charge in [-0.05, 0) is 51.7 Å². The fraction of sp³-hybridized carbons (Fsp3) is 0.613. The zero-order valence-electron chi connectivity index (χ0n) is 25.7. The Hall–Kier alpha value is -3.03. The maximum absolute atomic E-state index is 13.0. The Morgan fingerprint density at radius 2 is 1.70 bits per heavy atom. The molecule has 44 heavy (non-hydrogen) atoms. The first-order chi connectivity index (χ1) is 20.6. The number of nitrogens with two attached hydrogens (primary N) is 1. The third-order valence-corrected chi connectivity index (χ3v) is 8.81. The minimum Gasteiger partial charge on any atom is -0.478 e. The normalized spacial score (nSPS) is 20.0. The van der Waals surface area contributed by atoms with Gasteiger partial charge in [0.05, 0.1) is 30.0 Å². The van der Waals surface area contributed by atoms with Crippen LogP contribution in [0.4, 0.5) is 5.69 Å². The number of carbonyl (C=O) groups is 4. The number of para-hydroxylation sites is 1. The zero-order chi connectivity index (χ0) is 33.1. The lowest BCUT2D eigenvalue weighted by molar-refractivity contribution is -0.134. The predicted molar refractivity (Wildman–Crippen MR) is 167 cm³/mol. The second kappa shape index (κ2) is 16.9. The monoisotopic (exact) mass is 638 g/mol. The van der Waals surface area contributed by atoms with Crippen molar-refractivity contribution < 1.29 is 39.6 Å². The number of aliphatic carboxylic acids is 2. The number of carboxylic acid groups (broad SMARTS) is 2. The van der Waals surface area contributed by atoms with Gasteiger partial charge in [0.1, 0.15) is 0 Å². The van der Waals surface area contributed by atoms with E-state index in [0.29, 0.717) is 48.9 Å². The number of nitrogens with one attached hydrogen (secondary N) is 1. The zero-order valence-corrected chi connectivity index (χ0v) is 26.5. The van der Waals surface area contributed by atoms with E-state index < -0.39 is 24.1 Å². The van der Waals surface area contributed by atoms with Gasteiger partial charge in [0.25, 0.3) is 0 Å². The smallest absolute Gasteiger partial charge is 0.328 e. The highest BCUT2D eigenvalue weighted by molar-refractivity contribution is 6.33. The van der Waals surface area contributed by atoms with Gasteiger partial charge < -0.3 is 36.4 Å². The van der Waals surface area contributed by atoms with Crippen molar-refractivity contribution in [3.8, 4) is 0 Å². The summed E-state index contributed by atoms with van der Waals surface area (Å²) in [6.45, 7) is 7.51. The molecule has 1 aromatic rings. The first-order valence-electron chi connectivity index (χ1n) is 14.9. The summed E-state index contributed by atoms with van der Waals surface area (Å²) in [4.78, 5) is 48.7. The molecule has 2 aliphatic rings. The van der Waals surface area contributed by atoms with Crippen molar-refractivity contribution in [1.29, 1.82) is 0 Å². The van der Waals surface area contributed by atoms with Gasteiger partial charge in [-0.3, -0.25) is 14.5 Å². The Kier molecular flexibility index (Phi) is 14.3. The molecule has 13 heteroatoms. The van der Waals surface area contributed by atoms with Crippen LogP contribution in [0.5, 0.6) is 0 Å². The van der Waals surface area contributed by atoms with E-state index in [0.717, 1.165) is 25.7 Å². The number of halogens is 1. The third-order valence-electron chi connectivity index (χ3n) is 8.49. The number of hydrogen-bond acceptors (Lipinski definition) is 8. The molecular weight excluding hydrogens is 592 g/mol. The Morgan fingerprint density at radius 1 is 1.11 bits per heavy atom. The summed E-state index contributed by atoms with van der Waals surface area (Å²) in [5, 5.41) is 39.9. The lowest BCUT2D eigenvalue weighted by Gasteiger charge is -2.47. The molecule has 2 amide bonds. The number of aliphatic hydroxyl groups is 2. The summed E-state index contributed by atoms with van der Waals surface area (Å²) in [7, 11) is 0. The summed E-state index contributed by atoms with van der Waals surface area (Å²) in [6.07, 6.45) is 5.07. The molecule has 3 atom stereocenters. The maximum Gasteiger partial charge on any atom is 0.328 e. The Balaban J connectivity index is 0.000000742. The minimum atomic E-state index is -1.26. The fourth-order valence-electron chi connectivity index (χ4n) is 5.62. The number of hydrogen-bond donors (Lipinski definition) is 6. The van der Waals surface area contributed by atoms with Gasteiger partial charge in [0.2, 0.25) is 11.8 Å². The summed E-state index contributed by atoms with van der Waals surface area (Å²) in [5.41, 5.74) is 6.50. The Bertz CT molecular complexity index is 1160. The summed E-state index contributed by atoms with van der Waals surface area (Å²) in [6, 6.07) is 6.70. The van der Waals surface area contributed by atoms with E-state index in [2.05, 4.69) is 5.32 Å². The number of carboxylic acids is 2. The van der Waals surface area contributed by atoms with Crippen LogP contribution in [0.1, 0.15) is 59.3 Å². The first-order valence-corrected chi connectivity index (χ1v) is 15.3. The van der Waals surface area contributed by atoms with Crippen LogP contribution in [0, 0.1) is 11.3 Å². The molecule has 12 nitrogen and oxygen atoms in total. The number of rotatable bonds is 13. The molecule has 7 N–H and O–H groups in total.